The van der Waals surface area contributed by atoms with Crippen LogP contribution in [0.3, 0.4) is 0 Å². The minimum atomic E-state index is -0.913. The largest absolute Gasteiger partial charge is 0.394 e. The highest BCUT2D eigenvalue weighted by molar-refractivity contribution is 7.98. The van der Waals surface area contributed by atoms with E-state index < -0.39 is 17.7 Å². The molecule has 0 fully saturated rings. The average Bonchev–Trinajstić information content (AvgIpc) is 2.98. The molecule has 220 valence electrons. The summed E-state index contributed by atoms with van der Waals surface area (Å²) in [4.78, 5) is 26.2. The Labute approximate surface area is 246 Å². The monoisotopic (exact) mass is 579 g/mol. The molecule has 0 heterocycles. The summed E-state index contributed by atoms with van der Waals surface area (Å²) >= 11 is 1.57. The SMILES string of the molecule is CC(C)(CC(=O)N[C@H](CSCc1ccccc1)C(=O)NCc1ccc(-c2ccccc2CO)cc1)NC[C@H](O)CO. The zero-order valence-corrected chi connectivity index (χ0v) is 24.5. The van der Waals surface area contributed by atoms with E-state index >= 15 is 0 Å². The Hall–Kier alpha value is -3.21. The summed E-state index contributed by atoms with van der Waals surface area (Å²) in [5, 5.41) is 37.3. The summed E-state index contributed by atoms with van der Waals surface area (Å²) < 4.78 is 0. The van der Waals surface area contributed by atoms with Gasteiger partial charge in [-0.3, -0.25) is 9.59 Å². The third kappa shape index (κ3) is 10.9. The molecule has 3 aromatic rings. The predicted octanol–water partition coefficient (Wildman–Crippen LogP) is 2.99. The van der Waals surface area contributed by atoms with Gasteiger partial charge in [-0.2, -0.15) is 11.8 Å². The van der Waals surface area contributed by atoms with E-state index in [0.29, 0.717) is 18.1 Å². The second-order valence-corrected chi connectivity index (χ2v) is 11.7. The van der Waals surface area contributed by atoms with Crippen LogP contribution >= 0.6 is 11.8 Å². The van der Waals surface area contributed by atoms with Gasteiger partial charge in [-0.15, -0.1) is 0 Å². The van der Waals surface area contributed by atoms with Crippen LogP contribution in [0.1, 0.15) is 37.0 Å². The van der Waals surface area contributed by atoms with Gasteiger partial charge in [0.25, 0.3) is 0 Å². The molecule has 0 radical (unpaired) electrons. The first-order valence-electron chi connectivity index (χ1n) is 13.7. The minimum Gasteiger partial charge on any atom is -0.394 e. The number of benzene rings is 3. The third-order valence-electron chi connectivity index (χ3n) is 6.60. The van der Waals surface area contributed by atoms with Crippen LogP contribution in [0, 0.1) is 0 Å². The molecule has 0 bridgehead atoms. The Morgan fingerprint density at radius 1 is 0.902 bits per heavy atom. The number of rotatable bonds is 16. The molecule has 41 heavy (non-hydrogen) atoms. The number of carbonyl (C=O) groups is 2. The smallest absolute Gasteiger partial charge is 0.243 e. The van der Waals surface area contributed by atoms with Gasteiger partial charge >= 0.3 is 0 Å². The lowest BCUT2D eigenvalue weighted by Gasteiger charge is -2.28. The van der Waals surface area contributed by atoms with E-state index in [1.54, 1.807) is 11.8 Å². The maximum absolute atomic E-state index is 13.2. The summed E-state index contributed by atoms with van der Waals surface area (Å²) in [6, 6.07) is 24.7. The minimum absolute atomic E-state index is 0.0404. The topological polar surface area (TPSA) is 131 Å². The van der Waals surface area contributed by atoms with Crippen LogP contribution in [0.2, 0.25) is 0 Å². The van der Waals surface area contributed by atoms with Crippen LogP contribution < -0.4 is 16.0 Å². The van der Waals surface area contributed by atoms with Crippen molar-refractivity contribution in [2.75, 3.05) is 18.9 Å². The molecule has 6 N–H and O–H groups in total. The highest BCUT2D eigenvalue weighted by Gasteiger charge is 2.26. The molecule has 8 nitrogen and oxygen atoms in total. The van der Waals surface area contributed by atoms with Crippen LogP contribution in [-0.2, 0) is 28.5 Å². The van der Waals surface area contributed by atoms with Gasteiger partial charge < -0.3 is 31.3 Å². The molecule has 0 saturated heterocycles. The van der Waals surface area contributed by atoms with Gasteiger partial charge in [0, 0.05) is 36.6 Å². The van der Waals surface area contributed by atoms with E-state index in [9.17, 15) is 19.8 Å². The lowest BCUT2D eigenvalue weighted by Crippen LogP contribution is -2.52. The van der Waals surface area contributed by atoms with Crippen LogP contribution in [0.4, 0.5) is 0 Å². The molecule has 3 rings (SSSR count). The Kier molecular flexibility index (Phi) is 12.8. The quantitative estimate of drug-likeness (QED) is 0.154. The Morgan fingerprint density at radius 2 is 1.59 bits per heavy atom. The first-order valence-corrected chi connectivity index (χ1v) is 14.9. The maximum Gasteiger partial charge on any atom is 0.243 e. The molecular weight excluding hydrogens is 538 g/mol. The highest BCUT2D eigenvalue weighted by Crippen LogP contribution is 2.24. The van der Waals surface area contributed by atoms with E-state index in [1.807, 2.05) is 92.7 Å². The number of thioether (sulfide) groups is 1. The van der Waals surface area contributed by atoms with Crippen molar-refractivity contribution in [3.8, 4) is 11.1 Å². The summed E-state index contributed by atoms with van der Waals surface area (Å²) in [5.41, 5.74) is 4.21. The number of hydrogen-bond acceptors (Lipinski definition) is 7. The summed E-state index contributed by atoms with van der Waals surface area (Å²) in [5.74, 6) is 0.563. The van der Waals surface area contributed by atoms with E-state index in [0.717, 1.165) is 27.8 Å². The fraction of sp³-hybridized carbons (Fsp3) is 0.375. The maximum atomic E-state index is 13.2. The zero-order valence-electron chi connectivity index (χ0n) is 23.7. The Morgan fingerprint density at radius 3 is 2.27 bits per heavy atom. The van der Waals surface area contributed by atoms with E-state index in [-0.39, 0.29) is 38.0 Å². The number of nitrogens with one attached hydrogen (secondary N) is 3. The number of hydrogen-bond donors (Lipinski definition) is 6. The summed E-state index contributed by atoms with van der Waals surface area (Å²) in [6.45, 7) is 3.72. The van der Waals surface area contributed by atoms with Crippen molar-refractivity contribution >= 4 is 23.6 Å². The van der Waals surface area contributed by atoms with Crippen LogP contribution in [0.15, 0.2) is 78.9 Å². The van der Waals surface area contributed by atoms with Gasteiger partial charge in [0.2, 0.25) is 11.8 Å². The number of carbonyl (C=O) groups excluding carboxylic acids is 2. The van der Waals surface area contributed by atoms with Crippen molar-refractivity contribution in [2.45, 2.75) is 56.9 Å². The number of aliphatic hydroxyl groups excluding tert-OH is 3. The molecule has 2 amide bonds. The van der Waals surface area contributed by atoms with Crippen LogP contribution in [0.5, 0.6) is 0 Å². The van der Waals surface area contributed by atoms with E-state index in [4.69, 9.17) is 5.11 Å². The number of amides is 2. The highest BCUT2D eigenvalue weighted by atomic mass is 32.2. The first-order chi connectivity index (χ1) is 19.7. The van der Waals surface area contributed by atoms with Crippen molar-refractivity contribution in [1.29, 1.82) is 0 Å². The Balaban J connectivity index is 1.61. The van der Waals surface area contributed by atoms with Crippen LogP contribution in [-0.4, -0.2) is 63.7 Å². The second kappa shape index (κ2) is 16.3. The van der Waals surface area contributed by atoms with Gasteiger partial charge in [-0.05, 0) is 41.7 Å². The molecule has 0 aliphatic heterocycles. The van der Waals surface area contributed by atoms with Crippen molar-refractivity contribution in [1.82, 2.24) is 16.0 Å². The van der Waals surface area contributed by atoms with Crippen LogP contribution in [0.25, 0.3) is 11.1 Å². The first kappa shape index (κ1) is 32.3. The average molecular weight is 580 g/mol. The van der Waals surface area contributed by atoms with Crippen molar-refractivity contribution in [3.63, 3.8) is 0 Å². The van der Waals surface area contributed by atoms with Gasteiger partial charge in [0.05, 0.1) is 19.3 Å². The molecule has 0 unspecified atom stereocenters. The van der Waals surface area contributed by atoms with Gasteiger partial charge in [0.1, 0.15) is 6.04 Å². The fourth-order valence-electron chi connectivity index (χ4n) is 4.27. The van der Waals surface area contributed by atoms with E-state index in [2.05, 4.69) is 16.0 Å². The number of β-amino-alcohol motifs (C(OH)–C–C–N with tert-alkyl or cyclic N) is 1. The lowest BCUT2D eigenvalue weighted by molar-refractivity contribution is -0.129. The molecule has 2 atom stereocenters. The molecule has 0 spiro atoms. The molecule has 3 aromatic carbocycles. The predicted molar refractivity (Wildman–Crippen MR) is 164 cm³/mol. The number of aliphatic hydroxyl groups is 3. The third-order valence-corrected chi connectivity index (χ3v) is 7.70. The molecular formula is C32H41N3O5S. The zero-order chi connectivity index (χ0) is 29.7. The normalized spacial score (nSPS) is 12.9. The molecule has 0 saturated carbocycles. The van der Waals surface area contributed by atoms with Gasteiger partial charge in [-0.25, -0.2) is 0 Å². The van der Waals surface area contributed by atoms with Gasteiger partial charge in [0.15, 0.2) is 0 Å². The van der Waals surface area contributed by atoms with Crippen molar-refractivity contribution in [3.05, 3.63) is 95.6 Å². The molecule has 0 aromatic heterocycles. The molecule has 0 aliphatic carbocycles. The lowest BCUT2D eigenvalue weighted by atomic mass is 9.99. The van der Waals surface area contributed by atoms with Crippen molar-refractivity contribution in [2.24, 2.45) is 0 Å². The second-order valence-electron chi connectivity index (χ2n) is 10.6. The van der Waals surface area contributed by atoms with Gasteiger partial charge in [-0.1, -0.05) is 78.9 Å². The van der Waals surface area contributed by atoms with E-state index in [1.165, 1.54) is 0 Å². The standard InChI is InChI=1S/C32H41N3O5S/c1-32(2,34-18-27(38)20-37)16-30(39)35-29(22-41-21-24-8-4-3-5-9-24)31(40)33-17-23-12-14-25(15-13-23)28-11-7-6-10-26(28)19-36/h3-15,27,29,34,36-38H,16-22H2,1-2H3,(H,33,40)(H,35,39)/t27-,29+/m0/s1. The molecule has 0 aliphatic rings. The molecule has 9 heteroatoms. The van der Waals surface area contributed by atoms with Crippen molar-refractivity contribution < 1.29 is 24.9 Å². The Bertz CT molecular complexity index is 1240. The fourth-order valence-corrected chi connectivity index (χ4v) is 5.29. The summed E-state index contributed by atoms with van der Waals surface area (Å²) in [6.07, 6.45) is -0.821. The summed E-state index contributed by atoms with van der Waals surface area (Å²) in [7, 11) is 0.